The minimum absolute atomic E-state index is 0.0625. The van der Waals surface area contributed by atoms with E-state index in [-0.39, 0.29) is 11.9 Å². The van der Waals surface area contributed by atoms with Crippen LogP contribution in [-0.4, -0.2) is 23.9 Å². The van der Waals surface area contributed by atoms with Crippen LogP contribution in [0.15, 0.2) is 48.5 Å². The molecule has 0 unspecified atom stereocenters. The molecule has 0 radical (unpaired) electrons. The van der Waals surface area contributed by atoms with Crippen LogP contribution < -0.4 is 5.73 Å². The summed E-state index contributed by atoms with van der Waals surface area (Å²) in [5.74, 6) is 0.0625. The van der Waals surface area contributed by atoms with Crippen LogP contribution in [0.3, 0.4) is 0 Å². The Bertz CT molecular complexity index is 632. The Kier molecular flexibility index (Phi) is 5.94. The fourth-order valence-electron chi connectivity index (χ4n) is 2.70. The second-order valence-electron chi connectivity index (χ2n) is 6.07. The molecule has 23 heavy (non-hydrogen) atoms. The standard InChI is InChI=1S/C20H26N2O/c1-4-19(13-16-7-5-15(2)6-8-16)22(3)20(23)18-11-9-17(14-21)10-12-18/h5-12,19H,4,13-14,21H2,1-3H3/t19-/m1/s1. The maximum absolute atomic E-state index is 12.7. The Morgan fingerprint density at radius 3 is 2.13 bits per heavy atom. The zero-order valence-electron chi connectivity index (χ0n) is 14.3. The minimum Gasteiger partial charge on any atom is -0.338 e. The van der Waals surface area contributed by atoms with E-state index in [1.807, 2.05) is 36.2 Å². The van der Waals surface area contributed by atoms with Crippen molar-refractivity contribution in [1.29, 1.82) is 0 Å². The maximum Gasteiger partial charge on any atom is 0.253 e. The highest BCUT2D eigenvalue weighted by Crippen LogP contribution is 2.15. The van der Waals surface area contributed by atoms with E-state index in [1.165, 1.54) is 11.1 Å². The van der Waals surface area contributed by atoms with Crippen LogP contribution in [0.2, 0.25) is 0 Å². The van der Waals surface area contributed by atoms with Crippen molar-refractivity contribution in [1.82, 2.24) is 4.90 Å². The van der Waals surface area contributed by atoms with E-state index < -0.39 is 0 Å². The number of benzene rings is 2. The molecule has 1 atom stereocenters. The van der Waals surface area contributed by atoms with Crippen LogP contribution in [0.4, 0.5) is 0 Å². The molecule has 0 heterocycles. The average molecular weight is 310 g/mol. The van der Waals surface area contributed by atoms with Gasteiger partial charge in [-0.3, -0.25) is 4.79 Å². The zero-order chi connectivity index (χ0) is 16.8. The first-order valence-electron chi connectivity index (χ1n) is 8.16. The van der Waals surface area contributed by atoms with Gasteiger partial charge in [0.15, 0.2) is 0 Å². The summed E-state index contributed by atoms with van der Waals surface area (Å²) in [6.45, 7) is 4.71. The molecule has 0 aliphatic carbocycles. The second-order valence-corrected chi connectivity index (χ2v) is 6.07. The summed E-state index contributed by atoms with van der Waals surface area (Å²) < 4.78 is 0. The van der Waals surface area contributed by atoms with Crippen LogP contribution >= 0.6 is 0 Å². The third-order valence-electron chi connectivity index (χ3n) is 4.37. The second kappa shape index (κ2) is 7.93. The summed E-state index contributed by atoms with van der Waals surface area (Å²) in [6, 6.07) is 16.3. The molecule has 0 aromatic heterocycles. The largest absolute Gasteiger partial charge is 0.338 e. The molecule has 0 saturated heterocycles. The quantitative estimate of drug-likeness (QED) is 0.887. The van der Waals surface area contributed by atoms with E-state index in [4.69, 9.17) is 5.73 Å². The van der Waals surface area contributed by atoms with Crippen molar-refractivity contribution in [2.24, 2.45) is 5.73 Å². The molecule has 1 amide bonds. The Morgan fingerprint density at radius 2 is 1.61 bits per heavy atom. The number of likely N-dealkylation sites (N-methyl/N-ethyl adjacent to an activating group) is 1. The van der Waals surface area contributed by atoms with Crippen LogP contribution in [0.5, 0.6) is 0 Å². The molecule has 0 saturated carbocycles. The number of hydrogen-bond donors (Lipinski definition) is 1. The third kappa shape index (κ3) is 4.42. The normalized spacial score (nSPS) is 12.0. The summed E-state index contributed by atoms with van der Waals surface area (Å²) in [5, 5.41) is 0. The van der Waals surface area contributed by atoms with E-state index in [0.29, 0.717) is 12.1 Å². The summed E-state index contributed by atoms with van der Waals surface area (Å²) in [5.41, 5.74) is 9.88. The number of carbonyl (C=O) groups is 1. The SMILES string of the molecule is CC[C@H](Cc1ccc(C)cc1)N(C)C(=O)c1ccc(CN)cc1. The van der Waals surface area contributed by atoms with Crippen molar-refractivity contribution in [3.05, 3.63) is 70.8 Å². The monoisotopic (exact) mass is 310 g/mol. The Hall–Kier alpha value is -2.13. The van der Waals surface area contributed by atoms with Crippen LogP contribution in [0.25, 0.3) is 0 Å². The summed E-state index contributed by atoms with van der Waals surface area (Å²) in [7, 11) is 1.89. The fraction of sp³-hybridized carbons (Fsp3) is 0.350. The van der Waals surface area contributed by atoms with Gasteiger partial charge >= 0.3 is 0 Å². The number of aryl methyl sites for hydroxylation is 1. The predicted octanol–water partition coefficient (Wildman–Crippen LogP) is 3.55. The van der Waals surface area contributed by atoms with Gasteiger partial charge in [-0.2, -0.15) is 0 Å². The Morgan fingerprint density at radius 1 is 1.04 bits per heavy atom. The molecule has 0 aliphatic rings. The van der Waals surface area contributed by atoms with Gasteiger partial charge < -0.3 is 10.6 Å². The average Bonchev–Trinajstić information content (AvgIpc) is 2.60. The van der Waals surface area contributed by atoms with E-state index in [0.717, 1.165) is 18.4 Å². The lowest BCUT2D eigenvalue weighted by atomic mass is 10.0. The number of nitrogens with two attached hydrogens (primary N) is 1. The first-order chi connectivity index (χ1) is 11.0. The van der Waals surface area contributed by atoms with Gasteiger partial charge in [0.25, 0.3) is 5.91 Å². The molecule has 2 aromatic rings. The molecule has 0 aliphatic heterocycles. The first-order valence-corrected chi connectivity index (χ1v) is 8.16. The lowest BCUT2D eigenvalue weighted by Crippen LogP contribution is -2.38. The number of carbonyl (C=O) groups excluding carboxylic acids is 1. The molecule has 2 N–H and O–H groups in total. The predicted molar refractivity (Wildman–Crippen MR) is 95.4 cm³/mol. The van der Waals surface area contributed by atoms with Gasteiger partial charge in [0.05, 0.1) is 0 Å². The van der Waals surface area contributed by atoms with Gasteiger partial charge in [-0.1, -0.05) is 48.9 Å². The van der Waals surface area contributed by atoms with Gasteiger partial charge in [0, 0.05) is 25.2 Å². The van der Waals surface area contributed by atoms with Gasteiger partial charge in [-0.05, 0) is 43.0 Å². The van der Waals surface area contributed by atoms with Crippen LogP contribution in [0, 0.1) is 6.92 Å². The minimum atomic E-state index is 0.0625. The van der Waals surface area contributed by atoms with Crippen molar-refractivity contribution in [3.63, 3.8) is 0 Å². The van der Waals surface area contributed by atoms with Crippen molar-refractivity contribution in [3.8, 4) is 0 Å². The number of nitrogens with zero attached hydrogens (tertiary/aromatic N) is 1. The van der Waals surface area contributed by atoms with E-state index >= 15 is 0 Å². The van der Waals surface area contributed by atoms with Gasteiger partial charge in [-0.15, -0.1) is 0 Å². The molecule has 3 nitrogen and oxygen atoms in total. The van der Waals surface area contributed by atoms with Gasteiger partial charge in [0.1, 0.15) is 0 Å². The molecule has 3 heteroatoms. The van der Waals surface area contributed by atoms with Gasteiger partial charge in [0.2, 0.25) is 0 Å². The van der Waals surface area contributed by atoms with Crippen LogP contribution in [0.1, 0.15) is 40.4 Å². The molecule has 2 rings (SSSR count). The topological polar surface area (TPSA) is 46.3 Å². The molecule has 122 valence electrons. The lowest BCUT2D eigenvalue weighted by molar-refractivity contribution is 0.0727. The number of amides is 1. The molecule has 0 bridgehead atoms. The highest BCUT2D eigenvalue weighted by Gasteiger charge is 2.20. The van der Waals surface area contributed by atoms with Crippen molar-refractivity contribution >= 4 is 5.91 Å². The Balaban J connectivity index is 2.09. The molecule has 0 spiro atoms. The summed E-state index contributed by atoms with van der Waals surface area (Å²) >= 11 is 0. The van der Waals surface area contributed by atoms with Crippen molar-refractivity contribution in [2.75, 3.05) is 7.05 Å². The molecular weight excluding hydrogens is 284 g/mol. The summed E-state index contributed by atoms with van der Waals surface area (Å²) in [4.78, 5) is 14.5. The smallest absolute Gasteiger partial charge is 0.253 e. The maximum atomic E-state index is 12.7. The zero-order valence-corrected chi connectivity index (χ0v) is 14.3. The van der Waals surface area contributed by atoms with Crippen molar-refractivity contribution in [2.45, 2.75) is 39.3 Å². The van der Waals surface area contributed by atoms with E-state index in [9.17, 15) is 4.79 Å². The van der Waals surface area contributed by atoms with E-state index in [2.05, 4.69) is 38.1 Å². The van der Waals surface area contributed by atoms with Gasteiger partial charge in [-0.25, -0.2) is 0 Å². The first kappa shape index (κ1) is 17.2. The third-order valence-corrected chi connectivity index (χ3v) is 4.37. The lowest BCUT2D eigenvalue weighted by Gasteiger charge is -2.27. The van der Waals surface area contributed by atoms with Crippen molar-refractivity contribution < 1.29 is 4.79 Å². The van der Waals surface area contributed by atoms with Crippen LogP contribution in [-0.2, 0) is 13.0 Å². The molecule has 2 aromatic carbocycles. The number of hydrogen-bond acceptors (Lipinski definition) is 2. The summed E-state index contributed by atoms with van der Waals surface area (Å²) in [6.07, 6.45) is 1.80. The molecular formula is C20H26N2O. The fourth-order valence-corrected chi connectivity index (χ4v) is 2.70. The number of rotatable bonds is 6. The molecule has 0 fully saturated rings. The highest BCUT2D eigenvalue weighted by atomic mass is 16.2. The Labute approximate surface area is 139 Å². The van der Waals surface area contributed by atoms with E-state index in [1.54, 1.807) is 0 Å². The highest BCUT2D eigenvalue weighted by molar-refractivity contribution is 5.94.